The number of hydrogen-bond donors (Lipinski definition) is 1. The molecule has 0 aliphatic carbocycles. The maximum Gasteiger partial charge on any atom is 0.243 e. The van der Waals surface area contributed by atoms with Crippen molar-refractivity contribution in [3.8, 4) is 11.5 Å². The number of carbonyl (C=O) groups is 1. The predicted molar refractivity (Wildman–Crippen MR) is 128 cm³/mol. The van der Waals surface area contributed by atoms with Gasteiger partial charge in [-0.15, -0.1) is 0 Å². The third kappa shape index (κ3) is 5.86. The van der Waals surface area contributed by atoms with Gasteiger partial charge in [0.15, 0.2) is 0 Å². The Morgan fingerprint density at radius 3 is 2.33 bits per heavy atom. The van der Waals surface area contributed by atoms with Crippen LogP contribution in [0.4, 0.5) is 0 Å². The van der Waals surface area contributed by atoms with Crippen molar-refractivity contribution < 1.29 is 22.7 Å². The Morgan fingerprint density at radius 2 is 1.73 bits per heavy atom. The highest BCUT2D eigenvalue weighted by Crippen LogP contribution is 2.28. The fraction of sp³-hybridized carbons (Fsp3) is 0.480. The minimum absolute atomic E-state index is 0.0924. The summed E-state index contributed by atoms with van der Waals surface area (Å²) in [5, 5.41) is 3.10. The zero-order valence-electron chi connectivity index (χ0n) is 19.9. The van der Waals surface area contributed by atoms with Gasteiger partial charge in [-0.1, -0.05) is 19.1 Å². The molecule has 0 radical (unpaired) electrons. The van der Waals surface area contributed by atoms with Crippen molar-refractivity contribution >= 4 is 15.9 Å². The molecule has 1 aliphatic rings. The molecule has 0 saturated carbocycles. The number of nitrogens with zero attached hydrogens (tertiary/aromatic N) is 1. The molecular weight excluding hydrogens is 440 g/mol. The van der Waals surface area contributed by atoms with E-state index in [1.54, 1.807) is 32.4 Å². The van der Waals surface area contributed by atoms with Crippen LogP contribution in [-0.2, 0) is 21.2 Å². The zero-order chi connectivity index (χ0) is 24.0. The lowest BCUT2D eigenvalue weighted by Gasteiger charge is -2.19. The summed E-state index contributed by atoms with van der Waals surface area (Å²) in [5.41, 5.74) is 2.75. The van der Waals surface area contributed by atoms with Gasteiger partial charge in [-0.25, -0.2) is 8.42 Å². The van der Waals surface area contributed by atoms with E-state index in [9.17, 15) is 13.2 Å². The van der Waals surface area contributed by atoms with E-state index in [2.05, 4.69) is 5.32 Å². The number of hydrogen-bond acceptors (Lipinski definition) is 5. The van der Waals surface area contributed by atoms with Gasteiger partial charge in [0.1, 0.15) is 11.5 Å². The Balaban J connectivity index is 1.70. The Labute approximate surface area is 197 Å². The van der Waals surface area contributed by atoms with E-state index >= 15 is 0 Å². The molecule has 1 amide bonds. The van der Waals surface area contributed by atoms with E-state index in [0.29, 0.717) is 30.8 Å². The highest BCUT2D eigenvalue weighted by atomic mass is 32.2. The molecule has 1 N–H and O–H groups in total. The van der Waals surface area contributed by atoms with Crippen molar-refractivity contribution in [2.45, 2.75) is 56.9 Å². The molecule has 2 aromatic rings. The molecule has 0 aromatic heterocycles. The van der Waals surface area contributed by atoms with Gasteiger partial charge in [-0.3, -0.25) is 4.79 Å². The molecule has 1 heterocycles. The number of ether oxygens (including phenoxy) is 2. The normalized spacial score (nSPS) is 15.3. The Hall–Kier alpha value is -2.58. The summed E-state index contributed by atoms with van der Waals surface area (Å²) in [5.74, 6) is 1.31. The molecule has 1 atom stereocenters. The van der Waals surface area contributed by atoms with Crippen LogP contribution in [0, 0.1) is 6.92 Å². The van der Waals surface area contributed by atoms with Gasteiger partial charge in [0.25, 0.3) is 0 Å². The van der Waals surface area contributed by atoms with Crippen molar-refractivity contribution in [2.24, 2.45) is 0 Å². The van der Waals surface area contributed by atoms with Crippen LogP contribution in [0.3, 0.4) is 0 Å². The quantitative estimate of drug-likeness (QED) is 0.563. The highest BCUT2D eigenvalue weighted by Gasteiger charge is 2.28. The van der Waals surface area contributed by atoms with Crippen LogP contribution in [0.15, 0.2) is 41.3 Å². The second-order valence-corrected chi connectivity index (χ2v) is 10.3. The number of methoxy groups -OCH3 is 2. The van der Waals surface area contributed by atoms with Crippen LogP contribution in [0.1, 0.15) is 55.3 Å². The molecule has 0 unspecified atom stereocenters. The molecule has 1 saturated heterocycles. The van der Waals surface area contributed by atoms with Gasteiger partial charge in [0.05, 0.1) is 25.2 Å². The standard InChI is InChI=1S/C25H34N2O5S/c1-5-22(19-8-11-23(31-3)18(2)16-19)26-25(28)13-9-20-17-21(10-12-24(20)32-4)33(29,30)27-14-6-7-15-27/h8,10-12,16-17,22H,5-7,9,13-15H2,1-4H3,(H,26,28)/t22-/m0/s1. The maximum atomic E-state index is 12.9. The number of aryl methyl sites for hydroxylation is 2. The number of carbonyl (C=O) groups excluding carboxylic acids is 1. The molecule has 1 fully saturated rings. The lowest BCUT2D eigenvalue weighted by molar-refractivity contribution is -0.121. The van der Waals surface area contributed by atoms with Gasteiger partial charge in [0, 0.05) is 19.5 Å². The van der Waals surface area contributed by atoms with Crippen LogP contribution >= 0.6 is 0 Å². The molecule has 3 rings (SSSR count). The SMILES string of the molecule is CC[C@H](NC(=O)CCc1cc(S(=O)(=O)N2CCCC2)ccc1OC)c1ccc(OC)c(C)c1. The van der Waals surface area contributed by atoms with Crippen LogP contribution in [0.2, 0.25) is 0 Å². The summed E-state index contributed by atoms with van der Waals surface area (Å²) in [6.07, 6.45) is 3.14. The van der Waals surface area contributed by atoms with E-state index in [-0.39, 0.29) is 23.3 Å². The van der Waals surface area contributed by atoms with Gasteiger partial charge < -0.3 is 14.8 Å². The largest absolute Gasteiger partial charge is 0.496 e. The van der Waals surface area contributed by atoms with Crippen LogP contribution < -0.4 is 14.8 Å². The molecule has 180 valence electrons. The molecule has 33 heavy (non-hydrogen) atoms. The number of rotatable bonds is 10. The minimum Gasteiger partial charge on any atom is -0.496 e. The van der Waals surface area contributed by atoms with E-state index in [4.69, 9.17) is 9.47 Å². The smallest absolute Gasteiger partial charge is 0.243 e. The van der Waals surface area contributed by atoms with Crippen molar-refractivity contribution in [3.63, 3.8) is 0 Å². The van der Waals surface area contributed by atoms with Crippen LogP contribution in [0.5, 0.6) is 11.5 Å². The third-order valence-corrected chi connectivity index (χ3v) is 8.04. The Morgan fingerprint density at radius 1 is 1.06 bits per heavy atom. The molecule has 1 aliphatic heterocycles. The molecule has 7 nitrogen and oxygen atoms in total. The second-order valence-electron chi connectivity index (χ2n) is 8.34. The summed E-state index contributed by atoms with van der Waals surface area (Å²) in [6, 6.07) is 10.7. The minimum atomic E-state index is -3.53. The summed E-state index contributed by atoms with van der Waals surface area (Å²) < 4.78 is 38.1. The molecule has 0 spiro atoms. The zero-order valence-corrected chi connectivity index (χ0v) is 20.7. The molecule has 0 bridgehead atoms. The Kier molecular flexibility index (Phi) is 8.37. The van der Waals surface area contributed by atoms with E-state index < -0.39 is 10.0 Å². The van der Waals surface area contributed by atoms with Crippen molar-refractivity contribution in [2.75, 3.05) is 27.3 Å². The van der Waals surface area contributed by atoms with Crippen molar-refractivity contribution in [1.29, 1.82) is 0 Å². The first-order valence-corrected chi connectivity index (χ1v) is 12.8. The summed E-state index contributed by atoms with van der Waals surface area (Å²) >= 11 is 0. The molecule has 2 aromatic carbocycles. The van der Waals surface area contributed by atoms with Gasteiger partial charge >= 0.3 is 0 Å². The first-order valence-electron chi connectivity index (χ1n) is 11.4. The summed E-state index contributed by atoms with van der Waals surface area (Å²) in [7, 11) is -0.339. The highest BCUT2D eigenvalue weighted by molar-refractivity contribution is 7.89. The fourth-order valence-corrected chi connectivity index (χ4v) is 5.81. The number of nitrogens with one attached hydrogen (secondary N) is 1. The summed E-state index contributed by atoms with van der Waals surface area (Å²) in [4.78, 5) is 13.0. The predicted octanol–water partition coefficient (Wildman–Crippen LogP) is 4.00. The van der Waals surface area contributed by atoms with Crippen molar-refractivity contribution in [3.05, 3.63) is 53.1 Å². The lowest BCUT2D eigenvalue weighted by atomic mass is 10.0. The second kappa shape index (κ2) is 11.0. The third-order valence-electron chi connectivity index (χ3n) is 6.14. The van der Waals surface area contributed by atoms with Gasteiger partial charge in [0.2, 0.25) is 15.9 Å². The van der Waals surface area contributed by atoms with E-state index in [0.717, 1.165) is 36.1 Å². The topological polar surface area (TPSA) is 84.9 Å². The first-order chi connectivity index (χ1) is 15.8. The number of sulfonamides is 1. The maximum absolute atomic E-state index is 12.9. The Bertz CT molecular complexity index is 1080. The number of amides is 1. The number of benzene rings is 2. The first kappa shape index (κ1) is 25.1. The van der Waals surface area contributed by atoms with E-state index in [1.165, 1.54) is 4.31 Å². The monoisotopic (exact) mass is 474 g/mol. The summed E-state index contributed by atoms with van der Waals surface area (Å²) in [6.45, 7) is 5.11. The van der Waals surface area contributed by atoms with Gasteiger partial charge in [-0.05, 0) is 73.6 Å². The fourth-order valence-electron chi connectivity index (χ4n) is 4.24. The lowest BCUT2D eigenvalue weighted by Crippen LogP contribution is -2.29. The molecule has 8 heteroatoms. The van der Waals surface area contributed by atoms with Crippen LogP contribution in [-0.4, -0.2) is 45.9 Å². The molecular formula is C25H34N2O5S. The van der Waals surface area contributed by atoms with Crippen LogP contribution in [0.25, 0.3) is 0 Å². The average molecular weight is 475 g/mol. The van der Waals surface area contributed by atoms with E-state index in [1.807, 2.05) is 32.0 Å². The van der Waals surface area contributed by atoms with Gasteiger partial charge in [-0.2, -0.15) is 4.31 Å². The average Bonchev–Trinajstić information content (AvgIpc) is 3.37. The van der Waals surface area contributed by atoms with Crippen molar-refractivity contribution in [1.82, 2.24) is 9.62 Å².